The highest BCUT2D eigenvalue weighted by Crippen LogP contribution is 2.38. The van der Waals surface area contributed by atoms with E-state index in [1.165, 1.54) is 31.0 Å². The fourth-order valence-corrected chi connectivity index (χ4v) is 4.92. The lowest BCUT2D eigenvalue weighted by Crippen LogP contribution is -2.61. The van der Waals surface area contributed by atoms with Crippen LogP contribution in [0.2, 0.25) is 0 Å². The third-order valence-electron chi connectivity index (χ3n) is 7.02. The van der Waals surface area contributed by atoms with E-state index in [4.69, 9.17) is 4.74 Å². The van der Waals surface area contributed by atoms with Crippen molar-refractivity contribution < 1.29 is 18.3 Å². The fraction of sp³-hybridized carbons (Fsp3) is 0.500. The zero-order chi connectivity index (χ0) is 28.2. The monoisotopic (exact) mass is 541 g/mol. The number of ether oxygens (including phenoxy) is 2. The third kappa shape index (κ3) is 6.88. The molecular formula is C26H33F2N9O2. The second-order valence-corrected chi connectivity index (χ2v) is 10.7. The topological polar surface area (TPSA) is 126 Å². The van der Waals surface area contributed by atoms with E-state index in [0.717, 1.165) is 12.8 Å². The van der Waals surface area contributed by atoms with Gasteiger partial charge in [0.15, 0.2) is 11.5 Å². The second-order valence-electron chi connectivity index (χ2n) is 10.7. The molecule has 1 aliphatic heterocycles. The lowest BCUT2D eigenvalue weighted by atomic mass is 9.77. The van der Waals surface area contributed by atoms with Gasteiger partial charge in [0.2, 0.25) is 5.95 Å². The average Bonchev–Trinajstić information content (AvgIpc) is 3.37. The summed E-state index contributed by atoms with van der Waals surface area (Å²) in [7, 11) is 2.13. The molecule has 0 aliphatic carbocycles. The van der Waals surface area contributed by atoms with Gasteiger partial charge in [0.25, 0.3) is 0 Å². The standard InChI is InChI=1S/C26H33F2N9O2/c1-25(2)11-19(12-26(3,4)36(25)5)33-22-17(13-29)14-31-24(35-22)34-18-6-7-20(21(10-18)39-23(27)28)38-9-8-37-16-30-15-32-37/h6-7,10,14-16,19,23H,8-9,11-12H2,1-5H3,(H2,31,33,34,35). The van der Waals surface area contributed by atoms with Gasteiger partial charge in [-0.2, -0.15) is 24.1 Å². The van der Waals surface area contributed by atoms with Crippen LogP contribution in [0.3, 0.4) is 0 Å². The Kier molecular flexibility index (Phi) is 8.15. The SMILES string of the molecule is CN1C(C)(C)CC(Nc2nc(Nc3ccc(OCCn4cncn4)c(OC(F)F)c3)ncc2C#N)CC1(C)C. The molecule has 11 nitrogen and oxygen atoms in total. The number of nitrogens with one attached hydrogen (secondary N) is 2. The number of hydrogen-bond donors (Lipinski definition) is 2. The van der Waals surface area contributed by atoms with Crippen LogP contribution in [0, 0.1) is 11.3 Å². The maximum Gasteiger partial charge on any atom is 0.387 e. The minimum atomic E-state index is -3.04. The molecule has 3 aromatic rings. The molecule has 4 rings (SSSR count). The number of aromatic nitrogens is 5. The summed E-state index contributed by atoms with van der Waals surface area (Å²) in [6.07, 6.45) is 6.07. The molecule has 0 amide bonds. The van der Waals surface area contributed by atoms with Gasteiger partial charge >= 0.3 is 6.61 Å². The molecule has 0 atom stereocenters. The number of benzene rings is 1. The summed E-state index contributed by atoms with van der Waals surface area (Å²) in [5, 5.41) is 20.1. The Balaban J connectivity index is 1.50. The van der Waals surface area contributed by atoms with Gasteiger partial charge in [0.05, 0.1) is 12.7 Å². The molecule has 13 heteroatoms. The van der Waals surface area contributed by atoms with Crippen molar-refractivity contribution in [3.63, 3.8) is 0 Å². The summed E-state index contributed by atoms with van der Waals surface area (Å²) in [5.41, 5.74) is 0.612. The Labute approximate surface area is 226 Å². The van der Waals surface area contributed by atoms with E-state index < -0.39 is 6.61 Å². The number of anilines is 3. The Morgan fingerprint density at radius 3 is 2.56 bits per heavy atom. The summed E-state index contributed by atoms with van der Waals surface area (Å²) in [6, 6.07) is 6.76. The first-order valence-corrected chi connectivity index (χ1v) is 12.6. The van der Waals surface area contributed by atoms with Gasteiger partial charge in [0.1, 0.15) is 36.7 Å². The molecule has 3 heterocycles. The molecule has 0 saturated carbocycles. The number of nitrogens with zero attached hydrogens (tertiary/aromatic N) is 7. The molecule has 2 N–H and O–H groups in total. The number of nitriles is 1. The number of alkyl halides is 2. The van der Waals surface area contributed by atoms with Crippen LogP contribution in [0.25, 0.3) is 0 Å². The Morgan fingerprint density at radius 2 is 1.92 bits per heavy atom. The van der Waals surface area contributed by atoms with Crippen molar-refractivity contribution in [1.29, 1.82) is 5.26 Å². The maximum atomic E-state index is 13.1. The Morgan fingerprint density at radius 1 is 1.18 bits per heavy atom. The van der Waals surface area contributed by atoms with E-state index in [-0.39, 0.29) is 41.2 Å². The maximum absolute atomic E-state index is 13.1. The van der Waals surface area contributed by atoms with E-state index in [2.05, 4.69) is 81.1 Å². The Hall–Kier alpha value is -4.05. The van der Waals surface area contributed by atoms with E-state index in [0.29, 0.717) is 23.6 Å². The number of hydrogen-bond acceptors (Lipinski definition) is 10. The first-order chi connectivity index (χ1) is 18.5. The molecular weight excluding hydrogens is 508 g/mol. The molecule has 0 spiro atoms. The first-order valence-electron chi connectivity index (χ1n) is 12.6. The quantitative estimate of drug-likeness (QED) is 0.381. The van der Waals surface area contributed by atoms with Gasteiger partial charge < -0.3 is 20.1 Å². The smallest absolute Gasteiger partial charge is 0.387 e. The van der Waals surface area contributed by atoms with Gasteiger partial charge in [-0.3, -0.25) is 4.90 Å². The van der Waals surface area contributed by atoms with Gasteiger partial charge in [-0.25, -0.2) is 14.6 Å². The summed E-state index contributed by atoms with van der Waals surface area (Å²) in [5.74, 6) is 0.618. The number of piperidine rings is 1. The van der Waals surface area contributed by atoms with Crippen LogP contribution in [0.4, 0.5) is 26.2 Å². The zero-order valence-electron chi connectivity index (χ0n) is 22.7. The van der Waals surface area contributed by atoms with Crippen molar-refractivity contribution in [3.05, 3.63) is 42.6 Å². The van der Waals surface area contributed by atoms with E-state index in [9.17, 15) is 14.0 Å². The van der Waals surface area contributed by atoms with Crippen molar-refractivity contribution in [2.45, 2.75) is 70.8 Å². The van der Waals surface area contributed by atoms with E-state index in [1.807, 2.05) is 0 Å². The van der Waals surface area contributed by atoms with Crippen LogP contribution in [-0.4, -0.2) is 67.0 Å². The van der Waals surface area contributed by atoms with Crippen molar-refractivity contribution in [2.24, 2.45) is 0 Å². The molecule has 1 aromatic carbocycles. The molecule has 1 fully saturated rings. The first kappa shape index (κ1) is 28.0. The summed E-state index contributed by atoms with van der Waals surface area (Å²) in [4.78, 5) is 15.0. The molecule has 1 saturated heterocycles. The average molecular weight is 542 g/mol. The van der Waals surface area contributed by atoms with Crippen LogP contribution < -0.4 is 20.1 Å². The zero-order valence-corrected chi connectivity index (χ0v) is 22.7. The van der Waals surface area contributed by atoms with Gasteiger partial charge in [0, 0.05) is 28.9 Å². The third-order valence-corrected chi connectivity index (χ3v) is 7.02. The van der Waals surface area contributed by atoms with Crippen molar-refractivity contribution in [2.75, 3.05) is 24.3 Å². The number of halogens is 2. The largest absolute Gasteiger partial charge is 0.488 e. The van der Waals surface area contributed by atoms with Crippen LogP contribution in [0.15, 0.2) is 37.1 Å². The molecule has 208 valence electrons. The second kappa shape index (κ2) is 11.4. The number of rotatable bonds is 10. The predicted octanol–water partition coefficient (Wildman–Crippen LogP) is 4.43. The number of likely N-dealkylation sites (tertiary alicyclic amines) is 1. The molecule has 0 unspecified atom stereocenters. The predicted molar refractivity (Wildman–Crippen MR) is 141 cm³/mol. The minimum absolute atomic E-state index is 0.0550. The van der Waals surface area contributed by atoms with Crippen LogP contribution in [-0.2, 0) is 6.54 Å². The molecule has 1 aliphatic rings. The molecule has 39 heavy (non-hydrogen) atoms. The highest BCUT2D eigenvalue weighted by atomic mass is 19.3. The lowest BCUT2D eigenvalue weighted by Gasteiger charge is -2.53. The van der Waals surface area contributed by atoms with Gasteiger partial charge in [-0.1, -0.05) is 0 Å². The summed E-state index contributed by atoms with van der Waals surface area (Å²) >= 11 is 0. The molecule has 0 radical (unpaired) electrons. The van der Waals surface area contributed by atoms with Crippen molar-refractivity contribution in [1.82, 2.24) is 29.6 Å². The van der Waals surface area contributed by atoms with Crippen LogP contribution in [0.1, 0.15) is 46.1 Å². The lowest BCUT2D eigenvalue weighted by molar-refractivity contribution is -0.0514. The summed E-state index contributed by atoms with van der Waals surface area (Å²) in [6.45, 7) is 6.30. The van der Waals surface area contributed by atoms with Gasteiger partial charge in [-0.15, -0.1) is 0 Å². The van der Waals surface area contributed by atoms with E-state index in [1.54, 1.807) is 10.7 Å². The fourth-order valence-electron chi connectivity index (χ4n) is 4.92. The molecule has 2 aromatic heterocycles. The van der Waals surface area contributed by atoms with Crippen LogP contribution >= 0.6 is 0 Å². The summed E-state index contributed by atoms with van der Waals surface area (Å²) < 4.78 is 38.1. The Bertz CT molecular complexity index is 1290. The molecule has 0 bridgehead atoms. The van der Waals surface area contributed by atoms with Crippen molar-refractivity contribution in [3.8, 4) is 17.6 Å². The van der Waals surface area contributed by atoms with Gasteiger partial charge in [-0.05, 0) is 59.7 Å². The normalized spacial score (nSPS) is 17.0. The van der Waals surface area contributed by atoms with Crippen LogP contribution in [0.5, 0.6) is 11.5 Å². The van der Waals surface area contributed by atoms with E-state index >= 15 is 0 Å². The van der Waals surface area contributed by atoms with Crippen molar-refractivity contribution >= 4 is 17.5 Å². The highest BCUT2D eigenvalue weighted by molar-refractivity contribution is 5.62. The minimum Gasteiger partial charge on any atom is -0.488 e. The highest BCUT2D eigenvalue weighted by Gasteiger charge is 2.43.